The van der Waals surface area contributed by atoms with Gasteiger partial charge in [0, 0.05) is 58.7 Å². The third kappa shape index (κ3) is 5.28. The van der Waals surface area contributed by atoms with E-state index in [1.54, 1.807) is 17.0 Å². The van der Waals surface area contributed by atoms with Crippen molar-refractivity contribution >= 4 is 28.6 Å². The SMILES string of the molecule is Cc1ccccc1Cn1c(=O)c(-c2ccc(-c3ccccn3)cc2Cl)cc2cnc(NC3CCOCC3)nc21. The van der Waals surface area contributed by atoms with Crippen LogP contribution in [0.4, 0.5) is 5.95 Å². The fourth-order valence-corrected chi connectivity index (χ4v) is 5.26. The molecule has 5 aromatic rings. The number of fused-ring (bicyclic) bond motifs is 1. The van der Waals surface area contributed by atoms with E-state index in [-0.39, 0.29) is 11.6 Å². The quantitative estimate of drug-likeness (QED) is 0.281. The molecule has 6 rings (SSSR count). The Kier molecular flexibility index (Phi) is 7.09. The van der Waals surface area contributed by atoms with Crippen LogP contribution in [0.25, 0.3) is 33.4 Å². The van der Waals surface area contributed by atoms with Gasteiger partial charge in [0.05, 0.1) is 12.2 Å². The lowest BCUT2D eigenvalue weighted by molar-refractivity contribution is 0.0903. The van der Waals surface area contributed by atoms with E-state index in [1.165, 1.54) is 0 Å². The first-order valence-corrected chi connectivity index (χ1v) is 13.5. The molecular formula is C31H28ClN5O2. The Hall–Kier alpha value is -4.07. The maximum atomic E-state index is 14.1. The summed E-state index contributed by atoms with van der Waals surface area (Å²) in [6, 6.07) is 21.6. The third-order valence-electron chi connectivity index (χ3n) is 7.19. The molecule has 0 atom stereocenters. The number of benzene rings is 2. The van der Waals surface area contributed by atoms with Crippen molar-refractivity contribution in [3.63, 3.8) is 0 Å². The number of aromatic nitrogens is 4. The summed E-state index contributed by atoms with van der Waals surface area (Å²) in [5.74, 6) is 0.512. The summed E-state index contributed by atoms with van der Waals surface area (Å²) in [6.07, 6.45) is 5.31. The largest absolute Gasteiger partial charge is 0.381 e. The molecule has 196 valence electrons. The van der Waals surface area contributed by atoms with Gasteiger partial charge in [0.1, 0.15) is 5.65 Å². The minimum Gasteiger partial charge on any atom is -0.381 e. The lowest BCUT2D eigenvalue weighted by Crippen LogP contribution is -2.29. The van der Waals surface area contributed by atoms with Crippen LogP contribution < -0.4 is 10.9 Å². The van der Waals surface area contributed by atoms with Crippen molar-refractivity contribution in [2.24, 2.45) is 0 Å². The second-order valence-corrected chi connectivity index (χ2v) is 10.2. The molecule has 0 aliphatic carbocycles. The van der Waals surface area contributed by atoms with E-state index in [2.05, 4.69) is 15.3 Å². The van der Waals surface area contributed by atoms with Crippen LogP contribution in [0.3, 0.4) is 0 Å². The lowest BCUT2D eigenvalue weighted by Gasteiger charge is -2.23. The van der Waals surface area contributed by atoms with Crippen molar-refractivity contribution in [1.29, 1.82) is 0 Å². The van der Waals surface area contributed by atoms with Crippen LogP contribution >= 0.6 is 11.6 Å². The molecule has 1 fully saturated rings. The Morgan fingerprint density at radius 2 is 1.82 bits per heavy atom. The van der Waals surface area contributed by atoms with Crippen LogP contribution in [0.15, 0.2) is 83.9 Å². The summed E-state index contributed by atoms with van der Waals surface area (Å²) in [5.41, 5.74) is 5.44. The fraction of sp³-hybridized carbons (Fsp3) is 0.226. The number of anilines is 1. The van der Waals surface area contributed by atoms with Gasteiger partial charge in [-0.3, -0.25) is 14.3 Å². The van der Waals surface area contributed by atoms with E-state index in [1.807, 2.05) is 73.7 Å². The highest BCUT2D eigenvalue weighted by Crippen LogP contribution is 2.32. The minimum atomic E-state index is -0.158. The van der Waals surface area contributed by atoms with E-state index < -0.39 is 0 Å². The number of rotatable bonds is 6. The molecule has 0 spiro atoms. The van der Waals surface area contributed by atoms with E-state index in [0.717, 1.165) is 40.6 Å². The Labute approximate surface area is 231 Å². The van der Waals surface area contributed by atoms with E-state index in [0.29, 0.717) is 47.5 Å². The summed E-state index contributed by atoms with van der Waals surface area (Å²) in [4.78, 5) is 27.9. The normalized spacial score (nSPS) is 14.0. The molecule has 3 aromatic heterocycles. The van der Waals surface area contributed by atoms with Gasteiger partial charge in [-0.05, 0) is 55.2 Å². The zero-order valence-corrected chi connectivity index (χ0v) is 22.4. The molecule has 39 heavy (non-hydrogen) atoms. The molecule has 2 aromatic carbocycles. The zero-order valence-electron chi connectivity index (χ0n) is 21.6. The highest BCUT2D eigenvalue weighted by molar-refractivity contribution is 6.33. The van der Waals surface area contributed by atoms with Crippen molar-refractivity contribution in [1.82, 2.24) is 19.5 Å². The van der Waals surface area contributed by atoms with Crippen LogP contribution in [0.5, 0.6) is 0 Å². The predicted molar refractivity (Wildman–Crippen MR) is 155 cm³/mol. The molecule has 0 unspecified atom stereocenters. The second kappa shape index (κ2) is 11.0. The molecule has 0 bridgehead atoms. The van der Waals surface area contributed by atoms with Gasteiger partial charge < -0.3 is 10.1 Å². The average Bonchev–Trinajstić information content (AvgIpc) is 2.97. The number of nitrogens with zero attached hydrogens (tertiary/aromatic N) is 4. The van der Waals surface area contributed by atoms with Crippen molar-refractivity contribution in [2.75, 3.05) is 18.5 Å². The Bertz CT molecular complexity index is 1700. The number of hydrogen-bond acceptors (Lipinski definition) is 6. The van der Waals surface area contributed by atoms with Crippen molar-refractivity contribution in [3.05, 3.63) is 106 Å². The van der Waals surface area contributed by atoms with Crippen LogP contribution in [-0.2, 0) is 11.3 Å². The molecule has 8 heteroatoms. The second-order valence-electron chi connectivity index (χ2n) is 9.79. The molecule has 1 aliphatic heterocycles. The van der Waals surface area contributed by atoms with Gasteiger partial charge in [0.2, 0.25) is 5.95 Å². The first-order valence-electron chi connectivity index (χ1n) is 13.1. The summed E-state index contributed by atoms with van der Waals surface area (Å²) in [7, 11) is 0. The Morgan fingerprint density at radius 1 is 1.00 bits per heavy atom. The molecule has 1 aliphatic rings. The topological polar surface area (TPSA) is 81.9 Å². The van der Waals surface area contributed by atoms with Crippen LogP contribution in [-0.4, -0.2) is 38.8 Å². The van der Waals surface area contributed by atoms with E-state index >= 15 is 0 Å². The summed E-state index contributed by atoms with van der Waals surface area (Å²) in [5, 5.41) is 4.67. The summed E-state index contributed by atoms with van der Waals surface area (Å²) < 4.78 is 7.21. The monoisotopic (exact) mass is 537 g/mol. The minimum absolute atomic E-state index is 0.158. The highest BCUT2D eigenvalue weighted by Gasteiger charge is 2.19. The number of hydrogen-bond donors (Lipinski definition) is 1. The number of nitrogens with one attached hydrogen (secondary N) is 1. The van der Waals surface area contributed by atoms with Crippen LogP contribution in [0.2, 0.25) is 5.02 Å². The molecule has 4 heterocycles. The van der Waals surface area contributed by atoms with Crippen molar-refractivity contribution in [3.8, 4) is 22.4 Å². The lowest BCUT2D eigenvalue weighted by atomic mass is 10.0. The zero-order chi connectivity index (χ0) is 26.8. The van der Waals surface area contributed by atoms with Crippen molar-refractivity contribution < 1.29 is 4.74 Å². The first kappa shape index (κ1) is 25.2. The number of aryl methyl sites for hydroxylation is 1. The predicted octanol–water partition coefficient (Wildman–Crippen LogP) is 6.12. The standard InChI is InChI=1S/C31H28ClN5O2/c1-20-6-2-3-7-22(20)19-37-29-23(18-34-31(36-29)35-24-11-14-39-15-12-24)16-26(30(37)38)25-10-9-21(17-27(25)32)28-8-4-5-13-33-28/h2-10,13,16-18,24H,11-12,14-15,19H2,1H3,(H,34,35,36). The first-order chi connectivity index (χ1) is 19.1. The molecule has 0 amide bonds. The average molecular weight is 538 g/mol. The fourth-order valence-electron chi connectivity index (χ4n) is 4.98. The van der Waals surface area contributed by atoms with Crippen molar-refractivity contribution in [2.45, 2.75) is 32.4 Å². The van der Waals surface area contributed by atoms with Gasteiger partial charge in [-0.1, -0.05) is 54.1 Å². The van der Waals surface area contributed by atoms with Crippen LogP contribution in [0.1, 0.15) is 24.0 Å². The number of halogens is 1. The third-order valence-corrected chi connectivity index (χ3v) is 7.50. The smallest absolute Gasteiger partial charge is 0.260 e. The highest BCUT2D eigenvalue weighted by atomic mass is 35.5. The molecule has 0 radical (unpaired) electrons. The molecular weight excluding hydrogens is 510 g/mol. The van der Waals surface area contributed by atoms with Crippen LogP contribution in [0, 0.1) is 6.92 Å². The van der Waals surface area contributed by atoms with Gasteiger partial charge in [0.15, 0.2) is 0 Å². The van der Waals surface area contributed by atoms with Gasteiger partial charge in [-0.25, -0.2) is 4.98 Å². The van der Waals surface area contributed by atoms with Gasteiger partial charge >= 0.3 is 0 Å². The van der Waals surface area contributed by atoms with Gasteiger partial charge in [0.25, 0.3) is 5.56 Å². The molecule has 0 saturated carbocycles. The Morgan fingerprint density at radius 3 is 2.59 bits per heavy atom. The van der Waals surface area contributed by atoms with Gasteiger partial charge in [-0.2, -0.15) is 4.98 Å². The molecule has 1 saturated heterocycles. The van der Waals surface area contributed by atoms with Gasteiger partial charge in [-0.15, -0.1) is 0 Å². The van der Waals surface area contributed by atoms with E-state index in [9.17, 15) is 4.79 Å². The summed E-state index contributed by atoms with van der Waals surface area (Å²) >= 11 is 6.78. The number of pyridine rings is 2. The van der Waals surface area contributed by atoms with E-state index in [4.69, 9.17) is 21.3 Å². The molecule has 7 nitrogen and oxygen atoms in total. The Balaban J connectivity index is 1.47. The summed E-state index contributed by atoms with van der Waals surface area (Å²) in [6.45, 7) is 3.86. The maximum Gasteiger partial charge on any atom is 0.260 e. The maximum absolute atomic E-state index is 14.1. The number of ether oxygens (including phenoxy) is 1. The molecule has 1 N–H and O–H groups in total.